The zero-order chi connectivity index (χ0) is 15.6. The van der Waals surface area contributed by atoms with Crippen LogP contribution in [0.4, 0.5) is 13.2 Å². The Hall–Kier alpha value is -1.69. The summed E-state index contributed by atoms with van der Waals surface area (Å²) >= 11 is 0. The quantitative estimate of drug-likeness (QED) is 0.917. The molecule has 0 aliphatic rings. The average molecular weight is 300 g/mol. The zero-order valence-corrected chi connectivity index (χ0v) is 12.0. The first kappa shape index (κ1) is 15.7. The van der Waals surface area contributed by atoms with Gasteiger partial charge in [0.1, 0.15) is 5.75 Å². The van der Waals surface area contributed by atoms with Crippen LogP contribution < -0.4 is 10.5 Å². The van der Waals surface area contributed by atoms with Gasteiger partial charge in [0, 0.05) is 30.2 Å². The Morgan fingerprint density at radius 3 is 2.52 bits per heavy atom. The van der Waals surface area contributed by atoms with E-state index in [-0.39, 0.29) is 12.6 Å². The highest BCUT2D eigenvalue weighted by atomic mass is 19.4. The molecule has 0 saturated heterocycles. The number of fused-ring (bicyclic) bond motifs is 1. The highest BCUT2D eigenvalue weighted by Gasteiger charge is 2.38. The summed E-state index contributed by atoms with van der Waals surface area (Å²) in [5, 5.41) is 0.853. The van der Waals surface area contributed by atoms with Crippen molar-refractivity contribution in [1.82, 2.24) is 4.57 Å². The lowest BCUT2D eigenvalue weighted by molar-refractivity contribution is -0.174. The first-order chi connectivity index (χ1) is 9.81. The van der Waals surface area contributed by atoms with E-state index in [1.807, 2.05) is 19.9 Å². The van der Waals surface area contributed by atoms with E-state index in [4.69, 9.17) is 10.5 Å². The van der Waals surface area contributed by atoms with Gasteiger partial charge in [0.15, 0.2) is 0 Å². The molecule has 2 N–H and O–H groups in total. The summed E-state index contributed by atoms with van der Waals surface area (Å²) in [4.78, 5) is 0. The molecule has 0 aliphatic carbocycles. The lowest BCUT2D eigenvalue weighted by atomic mass is 10.1. The number of nitrogens with two attached hydrogens (primary N) is 1. The number of alkyl halides is 3. The summed E-state index contributed by atoms with van der Waals surface area (Å²) in [5.41, 5.74) is 5.99. The number of aromatic nitrogens is 1. The van der Waals surface area contributed by atoms with Crippen LogP contribution >= 0.6 is 0 Å². The van der Waals surface area contributed by atoms with E-state index < -0.39 is 18.6 Å². The van der Waals surface area contributed by atoms with Crippen molar-refractivity contribution in [3.63, 3.8) is 0 Å². The summed E-state index contributed by atoms with van der Waals surface area (Å²) in [5.74, 6) is -0.832. The third-order valence-corrected chi connectivity index (χ3v) is 3.28. The maximum atomic E-state index is 12.8. The van der Waals surface area contributed by atoms with Gasteiger partial charge in [0.25, 0.3) is 0 Å². The molecular weight excluding hydrogens is 281 g/mol. The fraction of sp³-hybridized carbons (Fsp3) is 0.467. The van der Waals surface area contributed by atoms with Crippen molar-refractivity contribution in [1.29, 1.82) is 0 Å². The van der Waals surface area contributed by atoms with Gasteiger partial charge < -0.3 is 15.0 Å². The lowest BCUT2D eigenvalue weighted by Gasteiger charge is -2.19. The maximum absolute atomic E-state index is 12.8. The molecule has 0 bridgehead atoms. The van der Waals surface area contributed by atoms with Crippen molar-refractivity contribution in [2.45, 2.75) is 32.7 Å². The number of halogens is 3. The molecule has 2 rings (SSSR count). The van der Waals surface area contributed by atoms with Gasteiger partial charge in [-0.1, -0.05) is 0 Å². The van der Waals surface area contributed by atoms with E-state index in [0.717, 1.165) is 10.9 Å². The Morgan fingerprint density at radius 2 is 1.95 bits per heavy atom. The molecule has 1 unspecified atom stereocenters. The number of ether oxygens (including phenoxy) is 1. The van der Waals surface area contributed by atoms with Gasteiger partial charge in [-0.3, -0.25) is 0 Å². The van der Waals surface area contributed by atoms with Gasteiger partial charge in [0.05, 0.1) is 12.0 Å². The first-order valence-corrected chi connectivity index (χ1v) is 6.83. The zero-order valence-electron chi connectivity index (χ0n) is 12.0. The Labute approximate surface area is 121 Å². The van der Waals surface area contributed by atoms with E-state index in [1.165, 1.54) is 0 Å². The van der Waals surface area contributed by atoms with Crippen LogP contribution in [0.25, 0.3) is 10.9 Å². The third-order valence-electron chi connectivity index (χ3n) is 3.28. The second-order valence-electron chi connectivity index (χ2n) is 5.33. The maximum Gasteiger partial charge on any atom is 0.394 e. The molecule has 0 spiro atoms. The van der Waals surface area contributed by atoms with Gasteiger partial charge in [-0.15, -0.1) is 0 Å². The van der Waals surface area contributed by atoms with Gasteiger partial charge in [-0.05, 0) is 38.1 Å². The molecule has 1 aromatic carbocycles. The molecule has 1 aromatic heterocycles. The van der Waals surface area contributed by atoms with Gasteiger partial charge in [-0.2, -0.15) is 13.2 Å². The van der Waals surface area contributed by atoms with Crippen molar-refractivity contribution in [3.8, 4) is 5.75 Å². The summed E-state index contributed by atoms with van der Waals surface area (Å²) in [6.07, 6.45) is -2.58. The van der Waals surface area contributed by atoms with Crippen LogP contribution in [0, 0.1) is 5.92 Å². The minimum absolute atomic E-state index is 0.0522. The second-order valence-corrected chi connectivity index (χ2v) is 5.33. The molecule has 2 aromatic rings. The van der Waals surface area contributed by atoms with Crippen molar-refractivity contribution in [3.05, 3.63) is 30.5 Å². The topological polar surface area (TPSA) is 40.2 Å². The average Bonchev–Trinajstić information content (AvgIpc) is 2.76. The number of rotatable bonds is 5. The summed E-state index contributed by atoms with van der Waals surface area (Å²) in [6.45, 7) is 3.25. The van der Waals surface area contributed by atoms with E-state index >= 15 is 0 Å². The Bertz CT molecular complexity index is 604. The van der Waals surface area contributed by atoms with Crippen LogP contribution in [-0.2, 0) is 6.54 Å². The van der Waals surface area contributed by atoms with Crippen LogP contribution in [0.3, 0.4) is 0 Å². The monoisotopic (exact) mass is 300 g/mol. The number of hydrogen-bond donors (Lipinski definition) is 1. The molecule has 21 heavy (non-hydrogen) atoms. The smallest absolute Gasteiger partial charge is 0.394 e. The van der Waals surface area contributed by atoms with Gasteiger partial charge in [0.2, 0.25) is 0 Å². The van der Waals surface area contributed by atoms with Crippen molar-refractivity contribution in [2.24, 2.45) is 11.7 Å². The number of hydrogen-bond acceptors (Lipinski definition) is 2. The molecule has 0 saturated carbocycles. The van der Waals surface area contributed by atoms with Crippen molar-refractivity contribution < 1.29 is 17.9 Å². The molecule has 1 atom stereocenters. The SMILES string of the molecule is CC(C)Oc1ccc2c(ccn2CC(CN)C(F)(F)F)c1. The molecule has 1 heterocycles. The molecule has 0 fully saturated rings. The molecule has 0 amide bonds. The van der Waals surface area contributed by atoms with Crippen LogP contribution in [0.5, 0.6) is 5.75 Å². The van der Waals surface area contributed by atoms with Gasteiger partial charge in [-0.25, -0.2) is 0 Å². The molecule has 3 nitrogen and oxygen atoms in total. The van der Waals surface area contributed by atoms with E-state index in [1.54, 1.807) is 29.0 Å². The predicted octanol–water partition coefficient (Wildman–Crippen LogP) is 3.57. The lowest BCUT2D eigenvalue weighted by Crippen LogP contribution is -2.33. The minimum Gasteiger partial charge on any atom is -0.491 e. The van der Waals surface area contributed by atoms with Crippen LogP contribution in [0.1, 0.15) is 13.8 Å². The fourth-order valence-electron chi connectivity index (χ4n) is 2.23. The standard InChI is InChI=1S/C15H19F3N2O/c1-10(2)21-13-3-4-14-11(7-13)5-6-20(14)9-12(8-19)15(16,17)18/h3-7,10,12H,8-9,19H2,1-2H3. The fourth-order valence-corrected chi connectivity index (χ4v) is 2.23. The molecule has 6 heteroatoms. The first-order valence-electron chi connectivity index (χ1n) is 6.83. The van der Waals surface area contributed by atoms with E-state index in [2.05, 4.69) is 0 Å². The molecule has 0 aliphatic heterocycles. The highest BCUT2D eigenvalue weighted by molar-refractivity contribution is 5.81. The molecular formula is C15H19F3N2O. The second kappa shape index (κ2) is 5.97. The largest absolute Gasteiger partial charge is 0.491 e. The normalized spacial score (nSPS) is 13.9. The van der Waals surface area contributed by atoms with E-state index in [9.17, 15) is 13.2 Å². The Kier molecular flexibility index (Phi) is 4.46. The van der Waals surface area contributed by atoms with Crippen LogP contribution in [0.2, 0.25) is 0 Å². The summed E-state index contributed by atoms with van der Waals surface area (Å²) in [7, 11) is 0. The highest BCUT2D eigenvalue weighted by Crippen LogP contribution is 2.29. The summed E-state index contributed by atoms with van der Waals surface area (Å²) in [6, 6.07) is 7.16. The summed E-state index contributed by atoms with van der Waals surface area (Å²) < 4.78 is 45.6. The van der Waals surface area contributed by atoms with Gasteiger partial charge >= 0.3 is 6.18 Å². The number of nitrogens with zero attached hydrogens (tertiary/aromatic N) is 1. The Balaban J connectivity index is 2.26. The van der Waals surface area contributed by atoms with E-state index in [0.29, 0.717) is 5.75 Å². The molecule has 116 valence electrons. The Morgan fingerprint density at radius 1 is 1.24 bits per heavy atom. The molecule has 0 radical (unpaired) electrons. The van der Waals surface area contributed by atoms with Crippen LogP contribution in [0.15, 0.2) is 30.5 Å². The number of benzene rings is 1. The predicted molar refractivity (Wildman–Crippen MR) is 76.3 cm³/mol. The minimum atomic E-state index is -4.29. The van der Waals surface area contributed by atoms with Crippen LogP contribution in [-0.4, -0.2) is 23.4 Å². The van der Waals surface area contributed by atoms with Crippen molar-refractivity contribution in [2.75, 3.05) is 6.54 Å². The third kappa shape index (κ3) is 3.69. The van der Waals surface area contributed by atoms with Crippen molar-refractivity contribution >= 4 is 10.9 Å².